The number of nitrogens with one attached hydrogen (secondary N) is 1. The summed E-state index contributed by atoms with van der Waals surface area (Å²) in [5.74, 6) is -0.303. The second-order valence-electron chi connectivity index (χ2n) is 8.30. The number of piperazine rings is 1. The van der Waals surface area contributed by atoms with Gasteiger partial charge in [-0.05, 0) is 29.3 Å². The number of hydrogen-bond acceptors (Lipinski definition) is 6. The minimum absolute atomic E-state index is 0.0712. The molecule has 8 nitrogen and oxygen atoms in total. The number of nitro groups is 1. The minimum Gasteiger partial charge on any atom is -0.477 e. The van der Waals surface area contributed by atoms with E-state index < -0.39 is 4.92 Å². The summed E-state index contributed by atoms with van der Waals surface area (Å²) in [4.78, 5) is 27.6. The number of carbonyl (C=O) groups is 1. The molecule has 0 aliphatic carbocycles. The van der Waals surface area contributed by atoms with Crippen LogP contribution in [0.3, 0.4) is 0 Å². The van der Waals surface area contributed by atoms with Gasteiger partial charge in [-0.15, -0.1) is 0 Å². The van der Waals surface area contributed by atoms with Gasteiger partial charge in [-0.2, -0.15) is 0 Å². The Labute approximate surface area is 198 Å². The van der Waals surface area contributed by atoms with Crippen LogP contribution in [0.15, 0.2) is 78.9 Å². The van der Waals surface area contributed by atoms with Crippen molar-refractivity contribution in [2.75, 3.05) is 38.1 Å². The van der Waals surface area contributed by atoms with Gasteiger partial charge in [0.1, 0.15) is 0 Å². The third-order valence-corrected chi connectivity index (χ3v) is 5.78. The molecule has 0 saturated carbocycles. The molecule has 34 heavy (non-hydrogen) atoms. The molecule has 1 fully saturated rings. The Bertz CT molecular complexity index is 1100. The van der Waals surface area contributed by atoms with Crippen LogP contribution in [0.25, 0.3) is 0 Å². The van der Waals surface area contributed by atoms with Gasteiger partial charge >= 0.3 is 5.69 Å². The first-order chi connectivity index (χ1) is 16.6. The van der Waals surface area contributed by atoms with Gasteiger partial charge < -0.3 is 10.1 Å². The number of anilines is 1. The third-order valence-electron chi connectivity index (χ3n) is 5.78. The molecule has 176 valence electrons. The first kappa shape index (κ1) is 23.4. The summed E-state index contributed by atoms with van der Waals surface area (Å²) < 4.78 is 5.34. The zero-order valence-corrected chi connectivity index (χ0v) is 18.9. The molecule has 1 N–H and O–H groups in total. The lowest BCUT2D eigenvalue weighted by Gasteiger charge is -2.34. The van der Waals surface area contributed by atoms with Crippen molar-refractivity contribution in [1.29, 1.82) is 0 Å². The molecule has 0 bridgehead atoms. The maximum atomic E-state index is 12.2. The minimum atomic E-state index is -0.533. The number of hydrogen-bond donors (Lipinski definition) is 1. The van der Waals surface area contributed by atoms with Crippen LogP contribution in [0, 0.1) is 10.1 Å². The molecule has 1 amide bonds. The number of para-hydroxylation sites is 2. The topological polar surface area (TPSA) is 87.9 Å². The Hall–Kier alpha value is -3.75. The molecular formula is C26H28N4O4. The summed E-state index contributed by atoms with van der Waals surface area (Å²) in [7, 11) is 0. The van der Waals surface area contributed by atoms with E-state index in [0.717, 1.165) is 39.3 Å². The highest BCUT2D eigenvalue weighted by Crippen LogP contribution is 2.25. The van der Waals surface area contributed by atoms with Gasteiger partial charge in [0.2, 0.25) is 0 Å². The van der Waals surface area contributed by atoms with Gasteiger partial charge in [-0.3, -0.25) is 24.7 Å². The zero-order valence-electron chi connectivity index (χ0n) is 18.9. The Kier molecular flexibility index (Phi) is 7.85. The van der Waals surface area contributed by atoms with Crippen molar-refractivity contribution >= 4 is 17.3 Å². The smallest absolute Gasteiger partial charge is 0.310 e. The van der Waals surface area contributed by atoms with E-state index in [2.05, 4.69) is 39.4 Å². The van der Waals surface area contributed by atoms with E-state index in [-0.39, 0.29) is 24.0 Å². The predicted octanol–water partition coefficient (Wildman–Crippen LogP) is 3.93. The van der Waals surface area contributed by atoms with Crippen molar-refractivity contribution in [2.24, 2.45) is 0 Å². The van der Waals surface area contributed by atoms with E-state index in [9.17, 15) is 14.9 Å². The van der Waals surface area contributed by atoms with Gasteiger partial charge in [-0.1, -0.05) is 54.6 Å². The maximum absolute atomic E-state index is 12.2. The SMILES string of the molecule is O=C(COc1ccccc1[N+](=O)[O-])Nc1ccc(CN2CCN(Cc3ccccc3)CC2)cc1. The molecule has 0 spiro atoms. The molecule has 0 radical (unpaired) electrons. The van der Waals surface area contributed by atoms with E-state index in [4.69, 9.17) is 4.74 Å². The van der Waals surface area contributed by atoms with Gasteiger partial charge in [-0.25, -0.2) is 0 Å². The molecule has 0 aromatic heterocycles. The second-order valence-corrected chi connectivity index (χ2v) is 8.30. The highest BCUT2D eigenvalue weighted by Gasteiger charge is 2.17. The lowest BCUT2D eigenvalue weighted by molar-refractivity contribution is -0.385. The number of nitro benzene ring substituents is 1. The number of nitrogens with zero attached hydrogens (tertiary/aromatic N) is 3. The van der Waals surface area contributed by atoms with E-state index in [1.165, 1.54) is 23.3 Å². The standard InChI is InChI=1S/C26H28N4O4/c31-26(20-34-25-9-5-4-8-24(25)30(32)33)27-23-12-10-22(11-13-23)19-29-16-14-28(15-17-29)18-21-6-2-1-3-7-21/h1-13H,14-20H2,(H,27,31). The Morgan fingerprint density at radius 3 is 2.00 bits per heavy atom. The van der Waals surface area contributed by atoms with Crippen LogP contribution in [0.5, 0.6) is 5.75 Å². The van der Waals surface area contributed by atoms with Crippen LogP contribution >= 0.6 is 0 Å². The Morgan fingerprint density at radius 2 is 1.38 bits per heavy atom. The molecule has 1 aliphatic heterocycles. The van der Waals surface area contributed by atoms with Crippen molar-refractivity contribution in [3.63, 3.8) is 0 Å². The number of benzene rings is 3. The molecule has 0 atom stereocenters. The van der Waals surface area contributed by atoms with Gasteiger partial charge in [0.25, 0.3) is 5.91 Å². The van der Waals surface area contributed by atoms with Gasteiger partial charge in [0, 0.05) is 51.0 Å². The lowest BCUT2D eigenvalue weighted by Crippen LogP contribution is -2.45. The van der Waals surface area contributed by atoms with Crippen LogP contribution in [0.1, 0.15) is 11.1 Å². The molecule has 3 aromatic carbocycles. The summed E-state index contributed by atoms with van der Waals surface area (Å²) in [5, 5.41) is 13.8. The van der Waals surface area contributed by atoms with E-state index in [0.29, 0.717) is 5.69 Å². The highest BCUT2D eigenvalue weighted by atomic mass is 16.6. The molecule has 1 heterocycles. The molecule has 4 rings (SSSR count). The van der Waals surface area contributed by atoms with E-state index in [1.54, 1.807) is 12.1 Å². The summed E-state index contributed by atoms with van der Waals surface area (Å²) in [6.07, 6.45) is 0. The molecule has 8 heteroatoms. The maximum Gasteiger partial charge on any atom is 0.310 e. The predicted molar refractivity (Wildman–Crippen MR) is 131 cm³/mol. The molecule has 3 aromatic rings. The first-order valence-electron chi connectivity index (χ1n) is 11.3. The number of amides is 1. The molecule has 1 saturated heterocycles. The summed E-state index contributed by atoms with van der Waals surface area (Å²) in [6, 6.07) is 24.3. The molecular weight excluding hydrogens is 432 g/mol. The monoisotopic (exact) mass is 460 g/mol. The fourth-order valence-corrected chi connectivity index (χ4v) is 3.97. The number of carbonyl (C=O) groups excluding carboxylic acids is 1. The van der Waals surface area contributed by atoms with Crippen LogP contribution in [0.2, 0.25) is 0 Å². The largest absolute Gasteiger partial charge is 0.477 e. The quantitative estimate of drug-likeness (QED) is 0.385. The normalized spacial score (nSPS) is 14.5. The van der Waals surface area contributed by atoms with Crippen LogP contribution < -0.4 is 10.1 Å². The van der Waals surface area contributed by atoms with Crippen LogP contribution in [-0.2, 0) is 17.9 Å². The summed E-state index contributed by atoms with van der Waals surface area (Å²) in [5.41, 5.74) is 3.03. The van der Waals surface area contributed by atoms with Crippen molar-refractivity contribution in [3.05, 3.63) is 100 Å². The number of ether oxygens (including phenoxy) is 1. The average Bonchev–Trinajstić information content (AvgIpc) is 2.86. The highest BCUT2D eigenvalue weighted by molar-refractivity contribution is 5.91. The number of rotatable bonds is 9. The molecule has 0 unspecified atom stereocenters. The fraction of sp³-hybridized carbons (Fsp3) is 0.269. The third kappa shape index (κ3) is 6.63. The van der Waals surface area contributed by atoms with Crippen molar-refractivity contribution < 1.29 is 14.5 Å². The molecule has 1 aliphatic rings. The van der Waals surface area contributed by atoms with Crippen molar-refractivity contribution in [1.82, 2.24) is 9.80 Å². The van der Waals surface area contributed by atoms with Crippen LogP contribution in [-0.4, -0.2) is 53.4 Å². The average molecular weight is 461 g/mol. The Morgan fingerprint density at radius 1 is 0.824 bits per heavy atom. The van der Waals surface area contributed by atoms with Gasteiger partial charge in [0.15, 0.2) is 12.4 Å². The van der Waals surface area contributed by atoms with Crippen molar-refractivity contribution in [2.45, 2.75) is 13.1 Å². The fourth-order valence-electron chi connectivity index (χ4n) is 3.97. The van der Waals surface area contributed by atoms with Crippen LogP contribution in [0.4, 0.5) is 11.4 Å². The zero-order chi connectivity index (χ0) is 23.8. The summed E-state index contributed by atoms with van der Waals surface area (Å²) >= 11 is 0. The summed E-state index contributed by atoms with van der Waals surface area (Å²) in [6.45, 7) is 5.69. The van der Waals surface area contributed by atoms with E-state index in [1.807, 2.05) is 30.3 Å². The van der Waals surface area contributed by atoms with E-state index >= 15 is 0 Å². The second kappa shape index (κ2) is 11.4. The first-order valence-corrected chi connectivity index (χ1v) is 11.3. The Balaban J connectivity index is 1.21. The van der Waals surface area contributed by atoms with Gasteiger partial charge in [0.05, 0.1) is 4.92 Å². The lowest BCUT2D eigenvalue weighted by atomic mass is 10.1. The van der Waals surface area contributed by atoms with Crippen molar-refractivity contribution in [3.8, 4) is 5.75 Å².